The second kappa shape index (κ2) is 5.57. The molecule has 0 radical (unpaired) electrons. The summed E-state index contributed by atoms with van der Waals surface area (Å²) in [6.07, 6.45) is 1.83. The number of thioether (sulfide) groups is 1. The van der Waals surface area contributed by atoms with E-state index in [2.05, 4.69) is 13.8 Å². The molecular weight excluding hydrogens is 228 g/mol. The number of hydrogen-bond donors (Lipinski definition) is 0. The first-order valence-corrected chi connectivity index (χ1v) is 6.49. The summed E-state index contributed by atoms with van der Waals surface area (Å²) >= 11 is 7.11. The zero-order chi connectivity index (χ0) is 11.4. The van der Waals surface area contributed by atoms with Gasteiger partial charge in [-0.3, -0.25) is 4.79 Å². The van der Waals surface area contributed by atoms with E-state index in [9.17, 15) is 4.79 Å². The Kier molecular flexibility index (Phi) is 4.68. The molecular formula is C12H15ClOS. The van der Waals surface area contributed by atoms with Crippen molar-refractivity contribution in [2.75, 3.05) is 6.26 Å². The van der Waals surface area contributed by atoms with Crippen molar-refractivity contribution in [3.63, 3.8) is 0 Å². The standard InChI is InChI=1S/C12H15ClOS/c1-8(2)11(12(14)15-3)9-4-6-10(13)7-5-9/h4-8,11H,1-3H3. The van der Waals surface area contributed by atoms with Crippen LogP contribution in [0.4, 0.5) is 0 Å². The third-order valence-electron chi connectivity index (χ3n) is 2.35. The van der Waals surface area contributed by atoms with Crippen molar-refractivity contribution >= 4 is 28.5 Å². The molecule has 0 spiro atoms. The third-order valence-corrected chi connectivity index (χ3v) is 3.26. The third kappa shape index (κ3) is 3.25. The topological polar surface area (TPSA) is 17.1 Å². The van der Waals surface area contributed by atoms with Crippen LogP contribution in [0.25, 0.3) is 0 Å². The minimum absolute atomic E-state index is 0.0303. The molecule has 82 valence electrons. The molecule has 1 rings (SSSR count). The molecule has 0 saturated heterocycles. The fourth-order valence-corrected chi connectivity index (χ4v) is 2.38. The van der Waals surface area contributed by atoms with Gasteiger partial charge in [-0.1, -0.05) is 49.3 Å². The van der Waals surface area contributed by atoms with Crippen LogP contribution in [0.15, 0.2) is 24.3 Å². The zero-order valence-electron chi connectivity index (χ0n) is 9.16. The summed E-state index contributed by atoms with van der Waals surface area (Å²) in [4.78, 5) is 11.8. The molecule has 3 heteroatoms. The molecule has 0 aliphatic heterocycles. The molecule has 0 heterocycles. The van der Waals surface area contributed by atoms with Crippen LogP contribution in [-0.4, -0.2) is 11.4 Å². The first-order valence-electron chi connectivity index (χ1n) is 4.89. The van der Waals surface area contributed by atoms with E-state index in [0.717, 1.165) is 5.56 Å². The number of hydrogen-bond acceptors (Lipinski definition) is 2. The molecule has 0 bridgehead atoms. The minimum atomic E-state index is -0.0303. The highest BCUT2D eigenvalue weighted by atomic mass is 35.5. The van der Waals surface area contributed by atoms with Gasteiger partial charge in [0, 0.05) is 5.02 Å². The second-order valence-electron chi connectivity index (χ2n) is 3.80. The largest absolute Gasteiger partial charge is 0.287 e. The van der Waals surface area contributed by atoms with Crippen molar-refractivity contribution in [1.82, 2.24) is 0 Å². The fourth-order valence-electron chi connectivity index (χ4n) is 1.59. The first-order chi connectivity index (χ1) is 7.06. The lowest BCUT2D eigenvalue weighted by Gasteiger charge is -2.18. The van der Waals surface area contributed by atoms with Crippen LogP contribution in [0.3, 0.4) is 0 Å². The van der Waals surface area contributed by atoms with Gasteiger partial charge in [-0.15, -0.1) is 0 Å². The first kappa shape index (κ1) is 12.6. The lowest BCUT2D eigenvalue weighted by molar-refractivity contribution is -0.113. The van der Waals surface area contributed by atoms with Crippen molar-refractivity contribution in [3.8, 4) is 0 Å². The molecule has 1 atom stereocenters. The molecule has 1 unspecified atom stereocenters. The minimum Gasteiger partial charge on any atom is -0.287 e. The van der Waals surface area contributed by atoms with Crippen LogP contribution in [0, 0.1) is 5.92 Å². The van der Waals surface area contributed by atoms with Crippen LogP contribution >= 0.6 is 23.4 Å². The van der Waals surface area contributed by atoms with Crippen LogP contribution in [0.5, 0.6) is 0 Å². The average molecular weight is 243 g/mol. The van der Waals surface area contributed by atoms with Crippen LogP contribution in [-0.2, 0) is 4.79 Å². The number of carbonyl (C=O) groups is 1. The normalized spacial score (nSPS) is 12.9. The lowest BCUT2D eigenvalue weighted by Crippen LogP contribution is -2.15. The Bertz CT molecular complexity index is 332. The van der Waals surface area contributed by atoms with E-state index in [1.165, 1.54) is 11.8 Å². The zero-order valence-corrected chi connectivity index (χ0v) is 10.7. The Balaban J connectivity index is 2.99. The summed E-state index contributed by atoms with van der Waals surface area (Å²) < 4.78 is 0. The van der Waals surface area contributed by atoms with Crippen LogP contribution in [0.1, 0.15) is 25.3 Å². The van der Waals surface area contributed by atoms with E-state index in [4.69, 9.17) is 11.6 Å². The molecule has 1 aromatic carbocycles. The Morgan fingerprint density at radius 1 is 1.27 bits per heavy atom. The summed E-state index contributed by atoms with van der Waals surface area (Å²) in [5, 5.41) is 0.921. The predicted octanol–water partition coefficient (Wildman–Crippen LogP) is 3.97. The highest BCUT2D eigenvalue weighted by Gasteiger charge is 2.22. The maximum Gasteiger partial charge on any atom is 0.196 e. The highest BCUT2D eigenvalue weighted by Crippen LogP contribution is 2.29. The summed E-state index contributed by atoms with van der Waals surface area (Å²) in [7, 11) is 0. The maximum atomic E-state index is 11.8. The van der Waals surface area contributed by atoms with Crippen molar-refractivity contribution in [1.29, 1.82) is 0 Å². The lowest BCUT2D eigenvalue weighted by atomic mass is 9.90. The molecule has 0 aliphatic rings. The molecule has 0 N–H and O–H groups in total. The van der Waals surface area contributed by atoms with E-state index in [1.54, 1.807) is 0 Å². The van der Waals surface area contributed by atoms with Gasteiger partial charge in [0.05, 0.1) is 5.92 Å². The van der Waals surface area contributed by atoms with Crippen LogP contribution < -0.4 is 0 Å². The van der Waals surface area contributed by atoms with E-state index >= 15 is 0 Å². The average Bonchev–Trinajstić information content (AvgIpc) is 2.20. The molecule has 15 heavy (non-hydrogen) atoms. The van der Waals surface area contributed by atoms with Gasteiger partial charge >= 0.3 is 0 Å². The van der Waals surface area contributed by atoms with Crippen LogP contribution in [0.2, 0.25) is 5.02 Å². The van der Waals surface area contributed by atoms with Gasteiger partial charge in [-0.2, -0.15) is 0 Å². The fraction of sp³-hybridized carbons (Fsp3) is 0.417. The molecule has 0 amide bonds. The molecule has 0 saturated carbocycles. The molecule has 0 aromatic heterocycles. The monoisotopic (exact) mass is 242 g/mol. The van der Waals surface area contributed by atoms with Gasteiger partial charge in [0.15, 0.2) is 5.12 Å². The molecule has 1 nitrogen and oxygen atoms in total. The Morgan fingerprint density at radius 3 is 2.20 bits per heavy atom. The number of benzene rings is 1. The van der Waals surface area contributed by atoms with Crippen molar-refractivity contribution in [2.24, 2.45) is 5.92 Å². The number of carbonyl (C=O) groups excluding carboxylic acids is 1. The van der Waals surface area contributed by atoms with Crippen molar-refractivity contribution < 1.29 is 4.79 Å². The van der Waals surface area contributed by atoms with Gasteiger partial charge in [-0.25, -0.2) is 0 Å². The Hall–Kier alpha value is -0.470. The van der Waals surface area contributed by atoms with E-state index in [1.807, 2.05) is 30.5 Å². The second-order valence-corrected chi connectivity index (χ2v) is 5.04. The van der Waals surface area contributed by atoms with Crippen molar-refractivity contribution in [3.05, 3.63) is 34.9 Å². The molecule has 0 aliphatic carbocycles. The molecule has 0 fully saturated rings. The summed E-state index contributed by atoms with van der Waals surface area (Å²) in [5.74, 6) is 0.281. The summed E-state index contributed by atoms with van der Waals surface area (Å²) in [5.41, 5.74) is 1.05. The van der Waals surface area contributed by atoms with Crippen molar-refractivity contribution in [2.45, 2.75) is 19.8 Å². The number of halogens is 1. The molecule has 1 aromatic rings. The summed E-state index contributed by atoms with van der Waals surface area (Å²) in [6.45, 7) is 4.13. The van der Waals surface area contributed by atoms with E-state index in [-0.39, 0.29) is 11.0 Å². The SMILES string of the molecule is CSC(=O)C(c1ccc(Cl)cc1)C(C)C. The summed E-state index contributed by atoms with van der Waals surface area (Å²) in [6, 6.07) is 7.53. The highest BCUT2D eigenvalue weighted by molar-refractivity contribution is 8.13. The number of rotatable bonds is 3. The van der Waals surface area contributed by atoms with E-state index < -0.39 is 0 Å². The van der Waals surface area contributed by atoms with Gasteiger partial charge in [-0.05, 0) is 29.9 Å². The van der Waals surface area contributed by atoms with Gasteiger partial charge in [0.2, 0.25) is 0 Å². The predicted molar refractivity (Wildman–Crippen MR) is 67.6 cm³/mol. The Morgan fingerprint density at radius 2 is 1.80 bits per heavy atom. The van der Waals surface area contributed by atoms with Gasteiger partial charge in [0.1, 0.15) is 0 Å². The van der Waals surface area contributed by atoms with Gasteiger partial charge < -0.3 is 0 Å². The van der Waals surface area contributed by atoms with E-state index in [0.29, 0.717) is 10.9 Å². The van der Waals surface area contributed by atoms with Gasteiger partial charge in [0.25, 0.3) is 0 Å². The smallest absolute Gasteiger partial charge is 0.196 e. The quantitative estimate of drug-likeness (QED) is 0.798. The Labute approximate surface area is 100 Å². The maximum absolute atomic E-state index is 11.8.